The molecule has 7 heteroatoms. The highest BCUT2D eigenvalue weighted by Gasteiger charge is 2.23. The molecule has 0 aliphatic carbocycles. The molecular formula is C17H25I3N2O2. The van der Waals surface area contributed by atoms with Crippen molar-refractivity contribution in [1.82, 2.24) is 0 Å². The number of nitrogens with one attached hydrogen (secondary N) is 2. The fourth-order valence-corrected chi connectivity index (χ4v) is 6.73. The quantitative estimate of drug-likeness (QED) is 0.189. The summed E-state index contributed by atoms with van der Waals surface area (Å²) < 4.78 is 2.67. The van der Waals surface area contributed by atoms with Gasteiger partial charge in [-0.1, -0.05) is 39.5 Å². The van der Waals surface area contributed by atoms with E-state index in [0.717, 1.165) is 48.0 Å². The third-order valence-electron chi connectivity index (χ3n) is 3.70. The number of hydrogen-bond donors (Lipinski definition) is 3. The van der Waals surface area contributed by atoms with Crippen LogP contribution in [0.1, 0.15) is 62.7 Å². The largest absolute Gasteiger partial charge is 0.478 e. The number of hydrogen-bond acceptors (Lipinski definition) is 3. The van der Waals surface area contributed by atoms with Crippen LogP contribution in [0.3, 0.4) is 0 Å². The summed E-state index contributed by atoms with van der Waals surface area (Å²) in [7, 11) is 0. The minimum Gasteiger partial charge on any atom is -0.478 e. The zero-order valence-corrected chi connectivity index (χ0v) is 20.6. The van der Waals surface area contributed by atoms with Gasteiger partial charge in [0.25, 0.3) is 0 Å². The Morgan fingerprint density at radius 3 is 1.58 bits per heavy atom. The van der Waals surface area contributed by atoms with Crippen LogP contribution in [0.25, 0.3) is 0 Å². The van der Waals surface area contributed by atoms with E-state index in [0.29, 0.717) is 5.56 Å². The molecule has 0 saturated heterocycles. The topological polar surface area (TPSA) is 61.4 Å². The first-order chi connectivity index (χ1) is 11.5. The predicted molar refractivity (Wildman–Crippen MR) is 128 cm³/mol. The first-order valence-corrected chi connectivity index (χ1v) is 11.6. The number of carboxylic acid groups (broad SMARTS) is 1. The lowest BCUT2D eigenvalue weighted by atomic mass is 10.1. The van der Waals surface area contributed by atoms with Crippen LogP contribution in [0.4, 0.5) is 11.4 Å². The second kappa shape index (κ2) is 12.0. The van der Waals surface area contributed by atoms with E-state index < -0.39 is 5.97 Å². The third kappa shape index (κ3) is 6.33. The second-order valence-electron chi connectivity index (χ2n) is 5.64. The normalized spacial score (nSPS) is 10.7. The van der Waals surface area contributed by atoms with Crippen molar-refractivity contribution in [3.05, 3.63) is 16.3 Å². The van der Waals surface area contributed by atoms with Crippen LogP contribution in [-0.4, -0.2) is 24.2 Å². The van der Waals surface area contributed by atoms with E-state index in [1.807, 2.05) is 0 Å². The molecule has 24 heavy (non-hydrogen) atoms. The van der Waals surface area contributed by atoms with Crippen molar-refractivity contribution in [1.29, 1.82) is 0 Å². The van der Waals surface area contributed by atoms with Gasteiger partial charge < -0.3 is 15.7 Å². The fourth-order valence-electron chi connectivity index (χ4n) is 2.34. The predicted octanol–water partition coefficient (Wildman–Crippen LogP) is 6.40. The van der Waals surface area contributed by atoms with Crippen LogP contribution in [0.5, 0.6) is 0 Å². The Balaban J connectivity index is 3.11. The SMILES string of the molecule is CCCCCNc1c(I)c(NCCCCC)c(I)c(C(=O)O)c1I. The van der Waals surface area contributed by atoms with Gasteiger partial charge in [0, 0.05) is 13.1 Å². The molecule has 0 aliphatic heterocycles. The van der Waals surface area contributed by atoms with Crippen LogP contribution < -0.4 is 10.6 Å². The summed E-state index contributed by atoms with van der Waals surface area (Å²) in [4.78, 5) is 11.7. The lowest BCUT2D eigenvalue weighted by Crippen LogP contribution is -2.15. The van der Waals surface area contributed by atoms with Crippen LogP contribution in [0, 0.1) is 10.7 Å². The Morgan fingerprint density at radius 2 is 1.25 bits per heavy atom. The lowest BCUT2D eigenvalue weighted by Gasteiger charge is -2.20. The molecule has 0 unspecified atom stereocenters. The molecule has 0 bridgehead atoms. The molecule has 0 aromatic heterocycles. The van der Waals surface area contributed by atoms with Gasteiger partial charge in [-0.25, -0.2) is 4.79 Å². The van der Waals surface area contributed by atoms with Crippen molar-refractivity contribution in [3.63, 3.8) is 0 Å². The summed E-state index contributed by atoms with van der Waals surface area (Å²) in [5.74, 6) is -0.867. The Bertz CT molecular complexity index is 526. The summed E-state index contributed by atoms with van der Waals surface area (Å²) in [6.45, 7) is 6.10. The van der Waals surface area contributed by atoms with E-state index in [9.17, 15) is 9.90 Å². The van der Waals surface area contributed by atoms with Gasteiger partial charge in [-0.3, -0.25) is 0 Å². The van der Waals surface area contributed by atoms with Gasteiger partial charge in [0.2, 0.25) is 0 Å². The maximum atomic E-state index is 11.7. The Labute approximate surface area is 185 Å². The molecule has 0 spiro atoms. The second-order valence-corrected chi connectivity index (χ2v) is 8.88. The van der Waals surface area contributed by atoms with E-state index in [1.165, 1.54) is 25.7 Å². The molecule has 0 saturated carbocycles. The summed E-state index contributed by atoms with van der Waals surface area (Å²) in [6.07, 6.45) is 6.89. The molecule has 4 nitrogen and oxygen atoms in total. The third-order valence-corrected chi connectivity index (χ3v) is 6.93. The first kappa shape index (κ1) is 22.5. The lowest BCUT2D eigenvalue weighted by molar-refractivity contribution is 0.0694. The zero-order valence-electron chi connectivity index (χ0n) is 14.1. The van der Waals surface area contributed by atoms with Gasteiger partial charge in [0.05, 0.1) is 27.6 Å². The summed E-state index contributed by atoms with van der Waals surface area (Å²) >= 11 is 6.64. The van der Waals surface area contributed by atoms with E-state index in [2.05, 4.69) is 92.3 Å². The van der Waals surface area contributed by atoms with Crippen molar-refractivity contribution in [2.24, 2.45) is 0 Å². The molecule has 1 aromatic rings. The number of benzene rings is 1. The van der Waals surface area contributed by atoms with Gasteiger partial charge in [-0.05, 0) is 80.6 Å². The van der Waals surface area contributed by atoms with Crippen molar-refractivity contribution in [2.75, 3.05) is 23.7 Å². The van der Waals surface area contributed by atoms with Crippen LogP contribution in [-0.2, 0) is 0 Å². The molecular weight excluding hydrogens is 645 g/mol. The van der Waals surface area contributed by atoms with Gasteiger partial charge >= 0.3 is 5.97 Å². The monoisotopic (exact) mass is 670 g/mol. The van der Waals surface area contributed by atoms with Gasteiger partial charge in [0.1, 0.15) is 0 Å². The molecule has 1 rings (SSSR count). The molecule has 0 radical (unpaired) electrons. The average Bonchev–Trinajstić information content (AvgIpc) is 2.53. The summed E-state index contributed by atoms with van der Waals surface area (Å²) in [6, 6.07) is 0. The van der Waals surface area contributed by atoms with Crippen molar-refractivity contribution in [3.8, 4) is 0 Å². The molecule has 1 aromatic carbocycles. The fraction of sp³-hybridized carbons (Fsp3) is 0.588. The summed E-state index contributed by atoms with van der Waals surface area (Å²) in [5.41, 5.74) is 2.29. The standard InChI is InChI=1S/C17H25I3N2O2/c1-3-5-7-9-21-15-12(18)11(17(23)24)13(19)16(14(15)20)22-10-8-6-4-2/h21-22H,3-10H2,1-2H3,(H,23,24). The number of rotatable bonds is 11. The number of aromatic carboxylic acids is 1. The van der Waals surface area contributed by atoms with Crippen LogP contribution >= 0.6 is 67.8 Å². The van der Waals surface area contributed by atoms with E-state index in [1.54, 1.807) is 0 Å². The Kier molecular flexibility index (Phi) is 11.2. The maximum Gasteiger partial charge on any atom is 0.338 e. The highest BCUT2D eigenvalue weighted by molar-refractivity contribution is 14.1. The van der Waals surface area contributed by atoms with Gasteiger partial charge in [-0.2, -0.15) is 0 Å². The van der Waals surface area contributed by atoms with Gasteiger partial charge in [-0.15, -0.1) is 0 Å². The maximum absolute atomic E-state index is 11.7. The molecule has 0 fully saturated rings. The summed E-state index contributed by atoms with van der Waals surface area (Å²) in [5, 5.41) is 16.6. The molecule has 0 amide bonds. The molecule has 136 valence electrons. The highest BCUT2D eigenvalue weighted by Crippen LogP contribution is 2.38. The van der Waals surface area contributed by atoms with Crippen molar-refractivity contribution in [2.45, 2.75) is 52.4 Å². The van der Waals surface area contributed by atoms with Crippen molar-refractivity contribution < 1.29 is 9.90 Å². The zero-order chi connectivity index (χ0) is 18.1. The number of carbonyl (C=O) groups is 1. The Morgan fingerprint density at radius 1 is 0.833 bits per heavy atom. The van der Waals surface area contributed by atoms with E-state index in [-0.39, 0.29) is 0 Å². The van der Waals surface area contributed by atoms with Crippen LogP contribution in [0.15, 0.2) is 0 Å². The minimum atomic E-state index is -0.867. The number of unbranched alkanes of at least 4 members (excludes halogenated alkanes) is 4. The molecule has 3 N–H and O–H groups in total. The molecule has 0 heterocycles. The smallest absolute Gasteiger partial charge is 0.338 e. The average molecular weight is 670 g/mol. The van der Waals surface area contributed by atoms with Crippen molar-refractivity contribution >= 4 is 85.1 Å². The minimum absolute atomic E-state index is 0.396. The first-order valence-electron chi connectivity index (χ1n) is 8.37. The number of carboxylic acids is 1. The van der Waals surface area contributed by atoms with Gasteiger partial charge in [0.15, 0.2) is 0 Å². The molecule has 0 aliphatic rings. The Hall–Kier alpha value is 0.480. The highest BCUT2D eigenvalue weighted by atomic mass is 127. The number of anilines is 2. The van der Waals surface area contributed by atoms with E-state index >= 15 is 0 Å². The number of halogens is 3. The van der Waals surface area contributed by atoms with E-state index in [4.69, 9.17) is 0 Å². The van der Waals surface area contributed by atoms with Crippen LogP contribution in [0.2, 0.25) is 0 Å². The molecule has 0 atom stereocenters.